The normalized spacial score (nSPS) is 12.1. The summed E-state index contributed by atoms with van der Waals surface area (Å²) in [6, 6.07) is 16.1. The second-order valence-corrected chi connectivity index (χ2v) is 5.74. The maximum Gasteiger partial charge on any atom is 0.274 e. The van der Waals surface area contributed by atoms with Crippen LogP contribution in [0, 0.1) is 0 Å². The Balaban J connectivity index is 1.72. The Morgan fingerprint density at radius 2 is 1.83 bits per heavy atom. The molecular weight excluding hydrogens is 306 g/mol. The minimum absolute atomic E-state index is 0.0167. The Kier molecular flexibility index (Phi) is 4.44. The number of para-hydroxylation sites is 1. The quantitative estimate of drug-likeness (QED) is 0.423. The predicted molar refractivity (Wildman–Crippen MR) is 89.3 cm³/mol. The van der Waals surface area contributed by atoms with Crippen molar-refractivity contribution in [2.45, 2.75) is 19.3 Å². The summed E-state index contributed by atoms with van der Waals surface area (Å²) in [5, 5.41) is 9.53. The van der Waals surface area contributed by atoms with E-state index in [0.29, 0.717) is 23.3 Å². The van der Waals surface area contributed by atoms with E-state index in [1.807, 2.05) is 31.2 Å². The summed E-state index contributed by atoms with van der Waals surface area (Å²) in [6.07, 6.45) is 0.311. The zero-order valence-corrected chi connectivity index (χ0v) is 13.2. The Labute approximate surface area is 138 Å². The van der Waals surface area contributed by atoms with E-state index in [4.69, 9.17) is 9.62 Å². The average Bonchev–Trinajstić information content (AvgIpc) is 3.05. The van der Waals surface area contributed by atoms with Crippen LogP contribution in [0.25, 0.3) is 11.0 Å². The van der Waals surface area contributed by atoms with Gasteiger partial charge in [-0.25, -0.2) is 5.48 Å². The third-order valence-corrected chi connectivity index (χ3v) is 4.04. The van der Waals surface area contributed by atoms with Gasteiger partial charge in [0, 0.05) is 17.4 Å². The third-order valence-electron chi connectivity index (χ3n) is 4.04. The van der Waals surface area contributed by atoms with E-state index in [1.54, 1.807) is 35.8 Å². The van der Waals surface area contributed by atoms with Crippen molar-refractivity contribution in [3.05, 3.63) is 71.5 Å². The highest BCUT2D eigenvalue weighted by molar-refractivity contribution is 5.98. The van der Waals surface area contributed by atoms with Crippen molar-refractivity contribution in [3.8, 4) is 0 Å². The van der Waals surface area contributed by atoms with Gasteiger partial charge in [-0.05, 0) is 35.7 Å². The standard InChI is InChI=1S/C19H17NO4/c1-12(13-6-8-14(9-7-13)19(22)20-23)10-16(21)18-11-15-4-2-3-5-17(15)24-18/h2-9,11-12,23H,10H2,1H3,(H,20,22)/t12-/m0/s1. The van der Waals surface area contributed by atoms with Crippen LogP contribution in [0.5, 0.6) is 0 Å². The highest BCUT2D eigenvalue weighted by Crippen LogP contribution is 2.25. The number of fused-ring (bicyclic) bond motifs is 1. The van der Waals surface area contributed by atoms with E-state index < -0.39 is 5.91 Å². The molecule has 0 saturated carbocycles. The van der Waals surface area contributed by atoms with Crippen molar-refractivity contribution in [1.29, 1.82) is 0 Å². The van der Waals surface area contributed by atoms with Crippen LogP contribution in [0.2, 0.25) is 0 Å². The number of ketones is 1. The van der Waals surface area contributed by atoms with Crippen molar-refractivity contribution in [2.75, 3.05) is 0 Å². The number of amides is 1. The van der Waals surface area contributed by atoms with Crippen LogP contribution in [0.1, 0.15) is 45.7 Å². The van der Waals surface area contributed by atoms with Crippen molar-refractivity contribution >= 4 is 22.7 Å². The fourth-order valence-electron chi connectivity index (χ4n) is 2.64. The first-order chi connectivity index (χ1) is 11.6. The maximum atomic E-state index is 12.4. The van der Waals surface area contributed by atoms with Crippen LogP contribution < -0.4 is 5.48 Å². The van der Waals surface area contributed by atoms with E-state index >= 15 is 0 Å². The molecule has 0 spiro atoms. The SMILES string of the molecule is C[C@@H](CC(=O)c1cc2ccccc2o1)c1ccc(C(=O)NO)cc1. The molecule has 0 bridgehead atoms. The highest BCUT2D eigenvalue weighted by Gasteiger charge is 2.17. The van der Waals surface area contributed by atoms with Gasteiger partial charge >= 0.3 is 0 Å². The summed E-state index contributed by atoms with van der Waals surface area (Å²) < 4.78 is 5.60. The number of hydrogen-bond donors (Lipinski definition) is 2. The van der Waals surface area contributed by atoms with Crippen LogP contribution in [0.15, 0.2) is 59.0 Å². The minimum Gasteiger partial charge on any atom is -0.453 e. The molecule has 1 atom stereocenters. The van der Waals surface area contributed by atoms with Gasteiger partial charge in [0.25, 0.3) is 5.91 Å². The molecule has 5 nitrogen and oxygen atoms in total. The largest absolute Gasteiger partial charge is 0.453 e. The van der Waals surface area contributed by atoms with Gasteiger partial charge in [-0.15, -0.1) is 0 Å². The van der Waals surface area contributed by atoms with Crippen LogP contribution in [-0.4, -0.2) is 16.9 Å². The van der Waals surface area contributed by atoms with E-state index in [2.05, 4.69) is 0 Å². The number of hydrogen-bond acceptors (Lipinski definition) is 4. The molecule has 0 unspecified atom stereocenters. The lowest BCUT2D eigenvalue weighted by atomic mass is 9.94. The molecule has 2 aromatic carbocycles. The zero-order valence-electron chi connectivity index (χ0n) is 13.2. The number of carbonyl (C=O) groups is 2. The minimum atomic E-state index is -0.562. The molecule has 1 heterocycles. The summed E-state index contributed by atoms with van der Waals surface area (Å²) in [5.74, 6) is -0.278. The zero-order chi connectivity index (χ0) is 17.1. The number of Topliss-reactive ketones (excluding diaryl/α,β-unsaturated/α-hetero) is 1. The maximum absolute atomic E-state index is 12.4. The molecule has 3 rings (SSSR count). The first-order valence-electron chi connectivity index (χ1n) is 7.64. The molecule has 2 N–H and O–H groups in total. The highest BCUT2D eigenvalue weighted by atomic mass is 16.5. The number of rotatable bonds is 5. The number of nitrogens with one attached hydrogen (secondary N) is 1. The Morgan fingerprint density at radius 3 is 2.50 bits per heavy atom. The van der Waals surface area contributed by atoms with Gasteiger partial charge in [-0.1, -0.05) is 37.3 Å². The number of hydroxylamine groups is 1. The molecular formula is C19H17NO4. The van der Waals surface area contributed by atoms with E-state index in [-0.39, 0.29) is 11.7 Å². The average molecular weight is 323 g/mol. The molecule has 0 aliphatic rings. The van der Waals surface area contributed by atoms with E-state index in [0.717, 1.165) is 10.9 Å². The molecule has 0 aliphatic heterocycles. The number of carbonyl (C=O) groups excluding carboxylic acids is 2. The van der Waals surface area contributed by atoms with Gasteiger partial charge in [0.15, 0.2) is 11.5 Å². The summed E-state index contributed by atoms with van der Waals surface area (Å²) in [4.78, 5) is 23.7. The van der Waals surface area contributed by atoms with Gasteiger partial charge in [0.1, 0.15) is 5.58 Å². The van der Waals surface area contributed by atoms with Gasteiger partial charge in [-0.3, -0.25) is 14.8 Å². The van der Waals surface area contributed by atoms with Crippen molar-refractivity contribution < 1.29 is 19.2 Å². The molecule has 5 heteroatoms. The van der Waals surface area contributed by atoms with Crippen LogP contribution in [-0.2, 0) is 0 Å². The Hall–Kier alpha value is -2.92. The fraction of sp³-hybridized carbons (Fsp3) is 0.158. The molecule has 122 valence electrons. The Morgan fingerprint density at radius 1 is 1.12 bits per heavy atom. The topological polar surface area (TPSA) is 79.5 Å². The molecule has 0 aliphatic carbocycles. The summed E-state index contributed by atoms with van der Waals surface area (Å²) >= 11 is 0. The molecule has 0 fully saturated rings. The number of furan rings is 1. The van der Waals surface area contributed by atoms with Gasteiger partial charge in [0.05, 0.1) is 0 Å². The third kappa shape index (κ3) is 3.21. The van der Waals surface area contributed by atoms with Crippen LogP contribution in [0.3, 0.4) is 0 Å². The second-order valence-electron chi connectivity index (χ2n) is 5.74. The van der Waals surface area contributed by atoms with Gasteiger partial charge in [0.2, 0.25) is 0 Å². The first-order valence-corrected chi connectivity index (χ1v) is 7.64. The van der Waals surface area contributed by atoms with Crippen LogP contribution >= 0.6 is 0 Å². The molecule has 24 heavy (non-hydrogen) atoms. The van der Waals surface area contributed by atoms with Crippen molar-refractivity contribution in [3.63, 3.8) is 0 Å². The van der Waals surface area contributed by atoms with E-state index in [1.165, 1.54) is 0 Å². The Bertz CT molecular complexity index is 847. The first kappa shape index (κ1) is 16.0. The van der Waals surface area contributed by atoms with Gasteiger partial charge < -0.3 is 4.42 Å². The van der Waals surface area contributed by atoms with Crippen molar-refractivity contribution in [2.24, 2.45) is 0 Å². The van der Waals surface area contributed by atoms with Gasteiger partial charge in [-0.2, -0.15) is 0 Å². The lowest BCUT2D eigenvalue weighted by Gasteiger charge is -2.10. The summed E-state index contributed by atoms with van der Waals surface area (Å²) in [5.41, 5.74) is 3.59. The molecule has 3 aromatic rings. The molecule has 1 amide bonds. The molecule has 0 radical (unpaired) electrons. The lowest BCUT2D eigenvalue weighted by molar-refractivity contribution is 0.0706. The van der Waals surface area contributed by atoms with Crippen molar-refractivity contribution in [1.82, 2.24) is 5.48 Å². The van der Waals surface area contributed by atoms with Crippen LogP contribution in [0.4, 0.5) is 0 Å². The monoisotopic (exact) mass is 323 g/mol. The smallest absolute Gasteiger partial charge is 0.274 e. The summed E-state index contributed by atoms with van der Waals surface area (Å²) in [7, 11) is 0. The fourth-order valence-corrected chi connectivity index (χ4v) is 2.64. The molecule has 1 aromatic heterocycles. The predicted octanol–water partition coefficient (Wildman–Crippen LogP) is 3.93. The molecule has 0 saturated heterocycles. The summed E-state index contributed by atoms with van der Waals surface area (Å²) in [6.45, 7) is 1.95. The second kappa shape index (κ2) is 6.68. The van der Waals surface area contributed by atoms with E-state index in [9.17, 15) is 9.59 Å². The lowest BCUT2D eigenvalue weighted by Crippen LogP contribution is -2.18. The number of benzene rings is 2.